The first-order valence-electron chi connectivity index (χ1n) is 15.6. The summed E-state index contributed by atoms with van der Waals surface area (Å²) < 4.78 is 51.0. The maximum atomic E-state index is 13.5. The minimum absolute atomic E-state index is 0.0800. The molecule has 0 saturated carbocycles. The fourth-order valence-electron chi connectivity index (χ4n) is 5.42. The van der Waals surface area contributed by atoms with Crippen LogP contribution < -0.4 is 0 Å². The second-order valence-electron chi connectivity index (χ2n) is 11.4. The minimum atomic E-state index is -1.95. The molecule has 0 aromatic heterocycles. The van der Waals surface area contributed by atoms with Gasteiger partial charge in [0.25, 0.3) is 0 Å². The molecule has 10 atom stereocenters. The SMILES string of the molecule is CC(=O)OC[C@H]1O[C@H](O)[C@H](OC(=O)c2ccccc2)[C@@H](OC(=O)c2ccccc2)[C@H]1O[C@@H]1O[C@@H](C)[C@H](OC(C)=O)[C@@H](OC(C)=O)[C@H]1OC(C)=O. The van der Waals surface area contributed by atoms with Gasteiger partial charge in [-0.3, -0.25) is 19.2 Å². The molecule has 270 valence electrons. The van der Waals surface area contributed by atoms with Crippen molar-refractivity contribution in [2.45, 2.75) is 96.0 Å². The second-order valence-corrected chi connectivity index (χ2v) is 11.4. The number of hydrogen-bond acceptors (Lipinski definition) is 16. The number of benzene rings is 2. The van der Waals surface area contributed by atoms with Crippen LogP contribution in [0.4, 0.5) is 0 Å². The Labute approximate surface area is 286 Å². The van der Waals surface area contributed by atoms with E-state index in [1.165, 1.54) is 31.2 Å². The summed E-state index contributed by atoms with van der Waals surface area (Å²) >= 11 is 0. The van der Waals surface area contributed by atoms with Crippen LogP contribution in [-0.4, -0.2) is 109 Å². The lowest BCUT2D eigenvalue weighted by Crippen LogP contribution is -2.66. The van der Waals surface area contributed by atoms with Crippen molar-refractivity contribution in [2.75, 3.05) is 6.61 Å². The van der Waals surface area contributed by atoms with Gasteiger partial charge in [0.15, 0.2) is 43.1 Å². The Kier molecular flexibility index (Phi) is 13.0. The summed E-state index contributed by atoms with van der Waals surface area (Å²) in [6, 6.07) is 15.5. The van der Waals surface area contributed by atoms with Gasteiger partial charge in [0.1, 0.15) is 18.8 Å². The fourth-order valence-corrected chi connectivity index (χ4v) is 5.42. The van der Waals surface area contributed by atoms with Crippen molar-refractivity contribution in [3.8, 4) is 0 Å². The normalized spacial score (nSPS) is 29.1. The van der Waals surface area contributed by atoms with E-state index < -0.39 is 104 Å². The predicted octanol–water partition coefficient (Wildman–Crippen LogP) is 1.64. The standard InChI is InChI=1S/C34H38O16/c1-17-25(44-19(3)36)27(45-20(4)37)30(46-21(5)38)34(43-17)50-26-24(16-42-18(2)35)47-33(41)29(49-32(40)23-14-10-7-11-15-23)28(26)48-31(39)22-12-8-6-9-13-22/h6-15,17,24-30,33-34,41H,16H2,1-5H3/t17-,24+,25-,26-,27+,28-,29+,30+,33-,34-/m0/s1. The lowest BCUT2D eigenvalue weighted by molar-refractivity contribution is -0.352. The zero-order valence-corrected chi connectivity index (χ0v) is 27.8. The molecular formula is C34H38O16. The Morgan fingerprint density at radius 1 is 0.580 bits per heavy atom. The predicted molar refractivity (Wildman–Crippen MR) is 165 cm³/mol. The molecule has 50 heavy (non-hydrogen) atoms. The van der Waals surface area contributed by atoms with E-state index in [0.717, 1.165) is 27.7 Å². The Balaban J connectivity index is 1.79. The van der Waals surface area contributed by atoms with Crippen LogP contribution in [0.1, 0.15) is 55.3 Å². The number of hydrogen-bond donors (Lipinski definition) is 1. The van der Waals surface area contributed by atoms with E-state index in [-0.39, 0.29) is 11.1 Å². The van der Waals surface area contributed by atoms with Crippen molar-refractivity contribution in [1.29, 1.82) is 0 Å². The molecule has 2 aliphatic heterocycles. The number of rotatable bonds is 11. The number of aliphatic hydroxyl groups excluding tert-OH is 1. The Morgan fingerprint density at radius 3 is 1.54 bits per heavy atom. The fraction of sp³-hybridized carbons (Fsp3) is 0.471. The number of ether oxygens (including phenoxy) is 9. The molecule has 2 aromatic rings. The van der Waals surface area contributed by atoms with E-state index in [2.05, 4.69) is 0 Å². The average Bonchev–Trinajstić information content (AvgIpc) is 3.06. The topological polar surface area (TPSA) is 206 Å². The first kappa shape index (κ1) is 37.9. The molecule has 2 aliphatic rings. The summed E-state index contributed by atoms with van der Waals surface area (Å²) in [6.45, 7) is 5.29. The molecular weight excluding hydrogens is 664 g/mol. The monoisotopic (exact) mass is 702 g/mol. The van der Waals surface area contributed by atoms with Crippen LogP contribution in [0, 0.1) is 0 Å². The molecule has 2 aromatic carbocycles. The number of carbonyl (C=O) groups is 6. The van der Waals surface area contributed by atoms with Crippen molar-refractivity contribution in [2.24, 2.45) is 0 Å². The largest absolute Gasteiger partial charge is 0.463 e. The van der Waals surface area contributed by atoms with Crippen molar-refractivity contribution < 1.29 is 76.5 Å². The highest BCUT2D eigenvalue weighted by Crippen LogP contribution is 2.35. The Hall–Kier alpha value is -4.90. The molecule has 0 amide bonds. The summed E-state index contributed by atoms with van der Waals surface area (Å²) in [7, 11) is 0. The zero-order valence-electron chi connectivity index (χ0n) is 27.8. The molecule has 4 rings (SSSR count). The second kappa shape index (κ2) is 17.2. The molecule has 2 saturated heterocycles. The van der Waals surface area contributed by atoms with Gasteiger partial charge in [-0.05, 0) is 31.2 Å². The number of aliphatic hydroxyl groups is 1. The van der Waals surface area contributed by atoms with Crippen LogP contribution >= 0.6 is 0 Å². The molecule has 0 radical (unpaired) electrons. The summed E-state index contributed by atoms with van der Waals surface area (Å²) in [5.41, 5.74) is 0.170. The van der Waals surface area contributed by atoms with Crippen LogP contribution in [0.2, 0.25) is 0 Å². The van der Waals surface area contributed by atoms with Crippen molar-refractivity contribution in [1.82, 2.24) is 0 Å². The van der Waals surface area contributed by atoms with Gasteiger partial charge in [-0.2, -0.15) is 0 Å². The van der Waals surface area contributed by atoms with Crippen molar-refractivity contribution in [3.63, 3.8) is 0 Å². The molecule has 16 heteroatoms. The van der Waals surface area contributed by atoms with Gasteiger partial charge in [0, 0.05) is 27.7 Å². The van der Waals surface area contributed by atoms with Crippen LogP contribution in [0.15, 0.2) is 60.7 Å². The third-order valence-electron chi connectivity index (χ3n) is 7.49. The molecule has 0 aliphatic carbocycles. The van der Waals surface area contributed by atoms with E-state index in [0.29, 0.717) is 0 Å². The smallest absolute Gasteiger partial charge is 0.338 e. The summed E-state index contributed by atoms with van der Waals surface area (Å²) in [4.78, 5) is 75.1. The van der Waals surface area contributed by atoms with E-state index in [1.54, 1.807) is 36.4 Å². The molecule has 1 N–H and O–H groups in total. The Bertz CT molecular complexity index is 1510. The summed E-state index contributed by atoms with van der Waals surface area (Å²) in [5, 5.41) is 11.2. The van der Waals surface area contributed by atoms with E-state index in [4.69, 9.17) is 42.6 Å². The van der Waals surface area contributed by atoms with Crippen LogP contribution in [-0.2, 0) is 61.8 Å². The lowest BCUT2D eigenvalue weighted by Gasteiger charge is -2.48. The summed E-state index contributed by atoms with van der Waals surface area (Å²) in [5.74, 6) is -5.03. The molecule has 0 bridgehead atoms. The highest BCUT2D eigenvalue weighted by Gasteiger charge is 2.56. The van der Waals surface area contributed by atoms with Crippen LogP contribution in [0.5, 0.6) is 0 Å². The van der Waals surface area contributed by atoms with Crippen LogP contribution in [0.3, 0.4) is 0 Å². The summed E-state index contributed by atoms with van der Waals surface area (Å²) in [6.07, 6.45) is -15.5. The Morgan fingerprint density at radius 2 is 1.04 bits per heavy atom. The quantitative estimate of drug-likeness (QED) is 0.261. The number of carbonyl (C=O) groups excluding carboxylic acids is 6. The number of esters is 6. The van der Waals surface area contributed by atoms with Crippen molar-refractivity contribution >= 4 is 35.8 Å². The molecule has 0 spiro atoms. The third kappa shape index (κ3) is 9.84. The zero-order chi connectivity index (χ0) is 36.5. The highest BCUT2D eigenvalue weighted by atomic mass is 16.8. The van der Waals surface area contributed by atoms with E-state index >= 15 is 0 Å². The van der Waals surface area contributed by atoms with Gasteiger partial charge in [0.2, 0.25) is 0 Å². The van der Waals surface area contributed by atoms with Gasteiger partial charge in [-0.25, -0.2) is 9.59 Å². The molecule has 2 fully saturated rings. The van der Waals surface area contributed by atoms with Crippen molar-refractivity contribution in [3.05, 3.63) is 71.8 Å². The van der Waals surface area contributed by atoms with Gasteiger partial charge < -0.3 is 47.7 Å². The van der Waals surface area contributed by atoms with E-state index in [9.17, 15) is 33.9 Å². The van der Waals surface area contributed by atoms with Gasteiger partial charge in [0.05, 0.1) is 17.2 Å². The molecule has 2 heterocycles. The lowest BCUT2D eigenvalue weighted by atomic mass is 9.96. The maximum Gasteiger partial charge on any atom is 0.338 e. The minimum Gasteiger partial charge on any atom is -0.463 e. The first-order chi connectivity index (χ1) is 23.7. The van der Waals surface area contributed by atoms with Gasteiger partial charge in [-0.1, -0.05) is 36.4 Å². The first-order valence-corrected chi connectivity index (χ1v) is 15.6. The molecule has 0 unspecified atom stereocenters. The average molecular weight is 703 g/mol. The van der Waals surface area contributed by atoms with Gasteiger partial charge in [-0.15, -0.1) is 0 Å². The maximum absolute atomic E-state index is 13.5. The van der Waals surface area contributed by atoms with Crippen LogP contribution in [0.25, 0.3) is 0 Å². The molecule has 16 nitrogen and oxygen atoms in total. The third-order valence-corrected chi connectivity index (χ3v) is 7.49. The van der Waals surface area contributed by atoms with E-state index in [1.807, 2.05) is 0 Å². The van der Waals surface area contributed by atoms with Gasteiger partial charge >= 0.3 is 35.8 Å². The highest BCUT2D eigenvalue weighted by molar-refractivity contribution is 5.90.